The number of ether oxygens (including phenoxy) is 1. The van der Waals surface area contributed by atoms with E-state index >= 15 is 0 Å². The van der Waals surface area contributed by atoms with Gasteiger partial charge in [-0.2, -0.15) is 13.6 Å². The predicted molar refractivity (Wildman–Crippen MR) is 116 cm³/mol. The number of fused-ring (bicyclic) bond motifs is 1. The van der Waals surface area contributed by atoms with E-state index in [2.05, 4.69) is 35.5 Å². The van der Waals surface area contributed by atoms with Crippen LogP contribution in [0.3, 0.4) is 0 Å². The normalized spacial score (nSPS) is 25.1. The van der Waals surface area contributed by atoms with Gasteiger partial charge < -0.3 is 34.7 Å². The number of aromatic amines is 1. The second kappa shape index (κ2) is 10.3. The van der Waals surface area contributed by atoms with Gasteiger partial charge in [0.1, 0.15) is 12.3 Å². The summed E-state index contributed by atoms with van der Waals surface area (Å²) in [5.41, 5.74) is -0.452. The third kappa shape index (κ3) is 7.13. The molecule has 1 saturated heterocycles. The number of nitrogens with one attached hydrogen (secondary N) is 2. The summed E-state index contributed by atoms with van der Waals surface area (Å²) in [7, 11) is -16.7. The third-order valence-corrected chi connectivity index (χ3v) is 8.40. The molecule has 0 bridgehead atoms. The van der Waals surface area contributed by atoms with E-state index in [0.717, 1.165) is 0 Å². The Morgan fingerprint density at radius 2 is 2.00 bits per heavy atom. The maximum absolute atomic E-state index is 12.3. The Balaban J connectivity index is 1.75. The molecular weight excluding hydrogens is 539 g/mol. The van der Waals surface area contributed by atoms with Gasteiger partial charge in [-0.25, -0.2) is 18.7 Å². The highest BCUT2D eigenvalue weighted by Gasteiger charge is 2.45. The van der Waals surface area contributed by atoms with Crippen LogP contribution >= 0.6 is 23.5 Å². The molecule has 0 aliphatic carbocycles. The van der Waals surface area contributed by atoms with Crippen molar-refractivity contribution in [2.75, 3.05) is 11.9 Å². The molecule has 1 aliphatic rings. The molecule has 0 aromatic carbocycles. The van der Waals surface area contributed by atoms with Crippen molar-refractivity contribution in [2.24, 2.45) is 0 Å². The van der Waals surface area contributed by atoms with Gasteiger partial charge in [0.15, 0.2) is 11.2 Å². The Hall–Kier alpha value is -1.78. The molecule has 0 saturated carbocycles. The molecule has 35 heavy (non-hydrogen) atoms. The Kier molecular flexibility index (Phi) is 8.18. The number of hydrogen-bond donors (Lipinski definition) is 7. The molecule has 1 fully saturated rings. The minimum absolute atomic E-state index is 0.0167. The van der Waals surface area contributed by atoms with Crippen molar-refractivity contribution in [3.05, 3.63) is 29.3 Å². The summed E-state index contributed by atoms with van der Waals surface area (Å²) in [6.07, 6.45) is -2.28. The number of nitrogens with zero attached hydrogens (tertiary/aromatic N) is 3. The number of imidazole rings is 1. The van der Waals surface area contributed by atoms with Crippen LogP contribution in [-0.4, -0.2) is 69.1 Å². The van der Waals surface area contributed by atoms with Gasteiger partial charge in [0.2, 0.25) is 5.95 Å². The smallest absolute Gasteiger partial charge is 0.390 e. The molecule has 196 valence electrons. The summed E-state index contributed by atoms with van der Waals surface area (Å²) in [6.45, 7) is 5.02. The number of aliphatic hydroxyl groups is 1. The van der Waals surface area contributed by atoms with Crippen molar-refractivity contribution in [1.82, 2.24) is 19.5 Å². The molecule has 2 aromatic heterocycles. The fraction of sp³-hybridized carbons (Fsp3) is 0.500. The second-order valence-corrected chi connectivity index (χ2v) is 11.5. The molecule has 7 N–H and O–H groups in total. The van der Waals surface area contributed by atoms with Gasteiger partial charge >= 0.3 is 23.5 Å². The van der Waals surface area contributed by atoms with Crippen LogP contribution in [0, 0.1) is 0 Å². The van der Waals surface area contributed by atoms with Gasteiger partial charge in [-0.3, -0.25) is 18.9 Å². The first-order valence-electron chi connectivity index (χ1n) is 9.58. The van der Waals surface area contributed by atoms with Crippen LogP contribution in [0.1, 0.15) is 19.6 Å². The SMILES string of the molecule is C=CCNc1nc2c(ncn2[C@H]2CC(O)[C@@H](C(C)OP(=O)(O)OP(=O)(O)OP(=O)(O)O)O2)c(=O)[nH]1. The first-order chi connectivity index (χ1) is 16.1. The molecule has 3 rings (SSSR count). The monoisotopic (exact) mass is 561 g/mol. The highest BCUT2D eigenvalue weighted by molar-refractivity contribution is 7.66. The van der Waals surface area contributed by atoms with Crippen LogP contribution in [0.4, 0.5) is 5.95 Å². The molecule has 18 nitrogen and oxygen atoms in total. The summed E-state index contributed by atoms with van der Waals surface area (Å²) in [4.78, 5) is 59.1. The van der Waals surface area contributed by atoms with Crippen LogP contribution < -0.4 is 10.9 Å². The average Bonchev–Trinajstić information content (AvgIpc) is 3.26. The fourth-order valence-electron chi connectivity index (χ4n) is 3.23. The zero-order chi connectivity index (χ0) is 26.2. The largest absolute Gasteiger partial charge is 0.490 e. The van der Waals surface area contributed by atoms with E-state index in [-0.39, 0.29) is 23.5 Å². The zero-order valence-corrected chi connectivity index (χ0v) is 20.5. The van der Waals surface area contributed by atoms with Gasteiger partial charge in [0.25, 0.3) is 5.56 Å². The first-order valence-corrected chi connectivity index (χ1v) is 14.1. The Morgan fingerprint density at radius 3 is 2.63 bits per heavy atom. The predicted octanol–water partition coefficient (Wildman–Crippen LogP) is 0.0977. The molecule has 2 aromatic rings. The van der Waals surface area contributed by atoms with Gasteiger partial charge in [-0.1, -0.05) is 6.08 Å². The average molecular weight is 561 g/mol. The minimum atomic E-state index is -5.71. The number of anilines is 1. The third-order valence-electron chi connectivity index (χ3n) is 4.47. The molecule has 6 atom stereocenters. The van der Waals surface area contributed by atoms with Crippen molar-refractivity contribution in [1.29, 1.82) is 0 Å². The van der Waals surface area contributed by atoms with E-state index in [1.807, 2.05) is 0 Å². The maximum atomic E-state index is 12.3. The summed E-state index contributed by atoms with van der Waals surface area (Å²) in [6, 6.07) is 0. The van der Waals surface area contributed by atoms with Crippen molar-refractivity contribution >= 4 is 40.6 Å². The molecular formula is C14H22N5O13P3. The van der Waals surface area contributed by atoms with E-state index in [1.165, 1.54) is 17.8 Å². The van der Waals surface area contributed by atoms with Crippen molar-refractivity contribution < 1.29 is 56.3 Å². The Morgan fingerprint density at radius 1 is 1.31 bits per heavy atom. The number of rotatable bonds is 11. The van der Waals surface area contributed by atoms with Crippen LogP contribution in [0.2, 0.25) is 0 Å². The lowest BCUT2D eigenvalue weighted by atomic mass is 10.1. The van der Waals surface area contributed by atoms with Gasteiger partial charge in [-0.15, -0.1) is 6.58 Å². The van der Waals surface area contributed by atoms with Crippen molar-refractivity contribution in [3.8, 4) is 0 Å². The highest BCUT2D eigenvalue weighted by atomic mass is 31.3. The number of H-pyrrole nitrogens is 1. The molecule has 0 amide bonds. The van der Waals surface area contributed by atoms with E-state index in [1.54, 1.807) is 6.08 Å². The molecule has 0 spiro atoms. The van der Waals surface area contributed by atoms with Crippen LogP contribution in [0.5, 0.6) is 0 Å². The Labute approximate surface area is 196 Å². The van der Waals surface area contributed by atoms with Crippen LogP contribution in [0.15, 0.2) is 23.8 Å². The summed E-state index contributed by atoms with van der Waals surface area (Å²) in [5, 5.41) is 13.2. The number of phosphoric ester groups is 1. The molecule has 1 aliphatic heterocycles. The minimum Gasteiger partial charge on any atom is -0.390 e. The number of hydrogen-bond acceptors (Lipinski definition) is 12. The lowest BCUT2D eigenvalue weighted by molar-refractivity contribution is -0.0726. The quantitative estimate of drug-likeness (QED) is 0.142. The number of phosphoric acid groups is 3. The topological polar surface area (TPSA) is 265 Å². The lowest BCUT2D eigenvalue weighted by Crippen LogP contribution is -2.34. The standard InChI is InChI=1S/C14H22N5O13P3/c1-3-4-15-14-17-12-10(13(21)18-14)16-6-19(12)9-5-8(20)11(29-9)7(2)30-34(25,26)32-35(27,28)31-33(22,23)24/h3,6-9,11,20H,1,4-5H2,2H3,(H,25,26)(H,27,28)(H2,22,23,24)(H2,15,17,18,21)/t7?,8?,9-,11-/m1/s1. The number of aromatic nitrogens is 4. The van der Waals surface area contributed by atoms with E-state index in [9.17, 15) is 33.4 Å². The summed E-state index contributed by atoms with van der Waals surface area (Å²) in [5.74, 6) is 0.125. The van der Waals surface area contributed by atoms with Gasteiger partial charge in [0.05, 0.1) is 18.5 Å². The Bertz CT molecular complexity index is 1290. The van der Waals surface area contributed by atoms with E-state index in [0.29, 0.717) is 6.54 Å². The summed E-state index contributed by atoms with van der Waals surface area (Å²) < 4.78 is 53.3. The first kappa shape index (κ1) is 27.8. The molecule has 3 heterocycles. The second-order valence-electron chi connectivity index (χ2n) is 7.17. The van der Waals surface area contributed by atoms with Crippen molar-refractivity contribution in [3.63, 3.8) is 0 Å². The molecule has 4 unspecified atom stereocenters. The number of aliphatic hydroxyl groups excluding tert-OH is 1. The van der Waals surface area contributed by atoms with Gasteiger partial charge in [0, 0.05) is 13.0 Å². The summed E-state index contributed by atoms with van der Waals surface area (Å²) >= 11 is 0. The van der Waals surface area contributed by atoms with Crippen LogP contribution in [-0.2, 0) is 31.6 Å². The highest BCUT2D eigenvalue weighted by Crippen LogP contribution is 2.66. The zero-order valence-electron chi connectivity index (χ0n) is 17.8. The van der Waals surface area contributed by atoms with E-state index < -0.39 is 53.6 Å². The van der Waals surface area contributed by atoms with Crippen LogP contribution in [0.25, 0.3) is 11.2 Å². The molecule has 0 radical (unpaired) electrons. The molecule has 21 heteroatoms. The van der Waals surface area contributed by atoms with Gasteiger partial charge in [-0.05, 0) is 6.92 Å². The van der Waals surface area contributed by atoms with E-state index in [4.69, 9.17) is 19.0 Å². The van der Waals surface area contributed by atoms with Crippen molar-refractivity contribution in [2.45, 2.75) is 37.9 Å². The maximum Gasteiger partial charge on any atom is 0.490 e. The fourth-order valence-corrected chi connectivity index (χ4v) is 6.43. The lowest BCUT2D eigenvalue weighted by Gasteiger charge is -2.25.